The van der Waals surface area contributed by atoms with Gasteiger partial charge in [-0.25, -0.2) is 23.1 Å². The molecular weight excluding hydrogens is 290 g/mol. The molecule has 114 valence electrons. The highest BCUT2D eigenvalue weighted by Crippen LogP contribution is 2.14. The molecule has 0 radical (unpaired) electrons. The molecule has 0 saturated heterocycles. The highest BCUT2D eigenvalue weighted by atomic mass is 32.2. The second-order valence-corrected chi connectivity index (χ2v) is 6.34. The van der Waals surface area contributed by atoms with Crippen LogP contribution >= 0.6 is 0 Å². The molecule has 0 aromatic carbocycles. The minimum atomic E-state index is -3.58. The number of aromatic nitrogens is 3. The quantitative estimate of drug-likeness (QED) is 0.811. The summed E-state index contributed by atoms with van der Waals surface area (Å²) >= 11 is 0. The molecule has 0 atom stereocenters. The van der Waals surface area contributed by atoms with Gasteiger partial charge in [0.1, 0.15) is 5.82 Å². The molecule has 3 N–H and O–H groups in total. The number of nitrogens with zero attached hydrogens (tertiary/aromatic N) is 3. The Morgan fingerprint density at radius 2 is 2.19 bits per heavy atom. The summed E-state index contributed by atoms with van der Waals surface area (Å²) in [6.07, 6.45) is 3.20. The Bertz CT molecular complexity index is 702. The molecule has 0 bridgehead atoms. The predicted octanol–water partition coefficient (Wildman–Crippen LogP) is 0.544. The minimum absolute atomic E-state index is 0.126. The van der Waals surface area contributed by atoms with E-state index < -0.39 is 10.0 Å². The highest BCUT2D eigenvalue weighted by Gasteiger charge is 2.17. The van der Waals surface area contributed by atoms with E-state index in [4.69, 9.17) is 5.73 Å². The molecule has 21 heavy (non-hydrogen) atoms. The van der Waals surface area contributed by atoms with E-state index in [1.165, 1.54) is 0 Å². The molecule has 7 nitrogen and oxygen atoms in total. The number of hydrogen-bond acceptors (Lipinski definition) is 5. The van der Waals surface area contributed by atoms with E-state index in [2.05, 4.69) is 14.7 Å². The van der Waals surface area contributed by atoms with Crippen molar-refractivity contribution in [3.8, 4) is 0 Å². The second-order valence-electron chi connectivity index (χ2n) is 4.58. The normalized spacial score (nSPS) is 11.8. The van der Waals surface area contributed by atoms with Gasteiger partial charge in [0.05, 0.1) is 17.1 Å². The monoisotopic (exact) mass is 309 g/mol. The Hall–Kier alpha value is -1.77. The zero-order valence-corrected chi connectivity index (χ0v) is 12.9. The molecule has 0 amide bonds. The SMILES string of the molecule is CCn1cc(S(=O)(=O)NCc2ccnc(C)n2)cc1CN. The Morgan fingerprint density at radius 3 is 2.76 bits per heavy atom. The summed E-state index contributed by atoms with van der Waals surface area (Å²) in [5.74, 6) is 0.606. The van der Waals surface area contributed by atoms with Gasteiger partial charge in [-0.3, -0.25) is 0 Å². The fraction of sp³-hybridized carbons (Fsp3) is 0.385. The van der Waals surface area contributed by atoms with Crippen molar-refractivity contribution in [1.29, 1.82) is 0 Å². The molecule has 2 rings (SSSR count). The van der Waals surface area contributed by atoms with Gasteiger partial charge >= 0.3 is 0 Å². The molecule has 2 heterocycles. The number of nitrogens with one attached hydrogen (secondary N) is 1. The summed E-state index contributed by atoms with van der Waals surface area (Å²) in [4.78, 5) is 8.35. The van der Waals surface area contributed by atoms with Crippen molar-refractivity contribution in [2.75, 3.05) is 0 Å². The van der Waals surface area contributed by atoms with Gasteiger partial charge in [-0.2, -0.15) is 0 Å². The van der Waals surface area contributed by atoms with Gasteiger partial charge in [-0.15, -0.1) is 0 Å². The van der Waals surface area contributed by atoms with Gasteiger partial charge in [-0.1, -0.05) is 0 Å². The summed E-state index contributed by atoms with van der Waals surface area (Å²) < 4.78 is 28.9. The number of aryl methyl sites for hydroxylation is 2. The van der Waals surface area contributed by atoms with E-state index >= 15 is 0 Å². The van der Waals surface area contributed by atoms with Crippen LogP contribution in [0, 0.1) is 6.92 Å². The van der Waals surface area contributed by atoms with Crippen molar-refractivity contribution in [2.24, 2.45) is 5.73 Å². The van der Waals surface area contributed by atoms with Crippen LogP contribution in [-0.2, 0) is 29.7 Å². The third kappa shape index (κ3) is 3.66. The Labute approximate surface area is 124 Å². The van der Waals surface area contributed by atoms with Crippen molar-refractivity contribution < 1.29 is 8.42 Å². The molecule has 0 unspecified atom stereocenters. The molecule has 2 aromatic heterocycles. The van der Waals surface area contributed by atoms with Crippen molar-refractivity contribution in [3.05, 3.63) is 41.7 Å². The van der Waals surface area contributed by atoms with E-state index in [1.54, 1.807) is 31.5 Å². The van der Waals surface area contributed by atoms with Crippen LogP contribution in [-0.4, -0.2) is 23.0 Å². The third-order valence-corrected chi connectivity index (χ3v) is 4.47. The molecular formula is C13H19N5O2S. The van der Waals surface area contributed by atoms with Crippen molar-refractivity contribution in [2.45, 2.75) is 38.4 Å². The zero-order chi connectivity index (χ0) is 15.5. The number of rotatable bonds is 6. The van der Waals surface area contributed by atoms with E-state index in [9.17, 15) is 8.42 Å². The van der Waals surface area contributed by atoms with E-state index in [-0.39, 0.29) is 11.4 Å². The molecule has 0 aliphatic rings. The maximum atomic E-state index is 12.3. The van der Waals surface area contributed by atoms with Crippen molar-refractivity contribution >= 4 is 10.0 Å². The minimum Gasteiger partial charge on any atom is -0.349 e. The molecule has 0 fully saturated rings. The van der Waals surface area contributed by atoms with E-state index in [1.807, 2.05) is 11.5 Å². The van der Waals surface area contributed by atoms with Crippen LogP contribution in [0.4, 0.5) is 0 Å². The lowest BCUT2D eigenvalue weighted by Gasteiger charge is -2.05. The first-order chi connectivity index (χ1) is 9.96. The smallest absolute Gasteiger partial charge is 0.242 e. The largest absolute Gasteiger partial charge is 0.349 e. The predicted molar refractivity (Wildman–Crippen MR) is 78.8 cm³/mol. The standard InChI is InChI=1S/C13H19N5O2S/c1-3-18-9-13(6-12(18)7-14)21(19,20)16-8-11-4-5-15-10(2)17-11/h4-6,9,16H,3,7-8,14H2,1-2H3. The number of hydrogen-bond donors (Lipinski definition) is 2. The average Bonchev–Trinajstić information content (AvgIpc) is 2.89. The fourth-order valence-corrected chi connectivity index (χ4v) is 3.06. The Balaban J connectivity index is 2.16. The number of sulfonamides is 1. The summed E-state index contributed by atoms with van der Waals surface area (Å²) in [5, 5.41) is 0. The second kappa shape index (κ2) is 6.33. The summed E-state index contributed by atoms with van der Waals surface area (Å²) in [6, 6.07) is 3.27. The van der Waals surface area contributed by atoms with Crippen LogP contribution < -0.4 is 10.5 Å². The van der Waals surface area contributed by atoms with Gasteiger partial charge in [-0.05, 0) is 26.0 Å². The third-order valence-electron chi connectivity index (χ3n) is 3.10. The molecule has 8 heteroatoms. The van der Waals surface area contributed by atoms with Crippen LogP contribution in [0.25, 0.3) is 0 Å². The zero-order valence-electron chi connectivity index (χ0n) is 12.1. The van der Waals surface area contributed by atoms with Crippen LogP contribution in [0.15, 0.2) is 29.4 Å². The van der Waals surface area contributed by atoms with Crippen molar-refractivity contribution in [3.63, 3.8) is 0 Å². The topological polar surface area (TPSA) is 103 Å². The molecule has 0 spiro atoms. The van der Waals surface area contributed by atoms with Crippen LogP contribution in [0.2, 0.25) is 0 Å². The Kier molecular flexibility index (Phi) is 4.71. The molecule has 2 aromatic rings. The van der Waals surface area contributed by atoms with Crippen LogP contribution in [0.1, 0.15) is 24.1 Å². The average molecular weight is 309 g/mol. The van der Waals surface area contributed by atoms with Gasteiger partial charge in [0.2, 0.25) is 10.0 Å². The first kappa shape index (κ1) is 15.6. The summed E-state index contributed by atoms with van der Waals surface area (Å²) in [5.41, 5.74) is 7.02. The van der Waals surface area contributed by atoms with Gasteiger partial charge in [0.25, 0.3) is 0 Å². The first-order valence-corrected chi connectivity index (χ1v) is 8.12. The maximum absolute atomic E-state index is 12.3. The summed E-state index contributed by atoms with van der Waals surface area (Å²) in [6.45, 7) is 4.79. The Morgan fingerprint density at radius 1 is 1.43 bits per heavy atom. The van der Waals surface area contributed by atoms with E-state index in [0.29, 0.717) is 24.6 Å². The maximum Gasteiger partial charge on any atom is 0.242 e. The van der Waals surface area contributed by atoms with Crippen LogP contribution in [0.5, 0.6) is 0 Å². The molecule has 0 saturated carbocycles. The van der Waals surface area contributed by atoms with Crippen LogP contribution in [0.3, 0.4) is 0 Å². The van der Waals surface area contributed by atoms with Gasteiger partial charge in [0.15, 0.2) is 0 Å². The lowest BCUT2D eigenvalue weighted by atomic mass is 10.4. The first-order valence-electron chi connectivity index (χ1n) is 6.63. The fourth-order valence-electron chi connectivity index (χ4n) is 1.99. The molecule has 0 aliphatic carbocycles. The van der Waals surface area contributed by atoms with Gasteiger partial charge in [0, 0.05) is 31.2 Å². The highest BCUT2D eigenvalue weighted by molar-refractivity contribution is 7.89. The molecule has 0 aliphatic heterocycles. The van der Waals surface area contributed by atoms with Gasteiger partial charge < -0.3 is 10.3 Å². The number of nitrogens with two attached hydrogens (primary N) is 1. The van der Waals surface area contributed by atoms with Crippen molar-refractivity contribution in [1.82, 2.24) is 19.3 Å². The lowest BCUT2D eigenvalue weighted by Crippen LogP contribution is -2.23. The summed E-state index contributed by atoms with van der Waals surface area (Å²) in [7, 11) is -3.58. The van der Waals surface area contributed by atoms with E-state index in [0.717, 1.165) is 5.69 Å². The lowest BCUT2D eigenvalue weighted by molar-refractivity contribution is 0.579.